The molecular weight excluding hydrogens is 250 g/mol. The van der Waals surface area contributed by atoms with Gasteiger partial charge in [-0.2, -0.15) is 0 Å². The van der Waals surface area contributed by atoms with E-state index in [0.717, 1.165) is 23.6 Å². The highest BCUT2D eigenvalue weighted by atomic mass is 16.5. The van der Waals surface area contributed by atoms with E-state index in [4.69, 9.17) is 9.47 Å². The van der Waals surface area contributed by atoms with Gasteiger partial charge < -0.3 is 14.8 Å². The second-order valence-electron chi connectivity index (χ2n) is 4.61. The van der Waals surface area contributed by atoms with Crippen molar-refractivity contribution in [2.75, 3.05) is 19.5 Å². The number of benzene rings is 2. The first-order valence-electron chi connectivity index (χ1n) is 6.81. The topological polar surface area (TPSA) is 30.5 Å². The van der Waals surface area contributed by atoms with Crippen molar-refractivity contribution in [3.8, 4) is 11.5 Å². The number of hydrogen-bond acceptors (Lipinski definition) is 3. The van der Waals surface area contributed by atoms with Crippen LogP contribution in [0.3, 0.4) is 0 Å². The summed E-state index contributed by atoms with van der Waals surface area (Å²) in [6.45, 7) is 2.17. The molecule has 0 aliphatic heterocycles. The van der Waals surface area contributed by atoms with Gasteiger partial charge in [-0.3, -0.25) is 0 Å². The molecule has 20 heavy (non-hydrogen) atoms. The van der Waals surface area contributed by atoms with Crippen LogP contribution in [-0.4, -0.2) is 14.2 Å². The largest absolute Gasteiger partial charge is 0.497 e. The molecule has 0 radical (unpaired) electrons. The Bertz CT molecular complexity index is 520. The third-order valence-corrected chi connectivity index (χ3v) is 3.36. The number of rotatable bonds is 6. The maximum absolute atomic E-state index is 5.19. The van der Waals surface area contributed by atoms with Crippen molar-refractivity contribution in [2.24, 2.45) is 0 Å². The minimum Gasteiger partial charge on any atom is -0.497 e. The number of anilines is 1. The first kappa shape index (κ1) is 14.3. The van der Waals surface area contributed by atoms with Crippen molar-refractivity contribution in [3.05, 3.63) is 54.1 Å². The Hall–Kier alpha value is -2.16. The van der Waals surface area contributed by atoms with Crippen LogP contribution in [0.15, 0.2) is 48.5 Å². The van der Waals surface area contributed by atoms with E-state index in [1.165, 1.54) is 5.56 Å². The molecule has 2 aromatic rings. The molecule has 2 aromatic carbocycles. The van der Waals surface area contributed by atoms with E-state index in [1.807, 2.05) is 36.4 Å². The van der Waals surface area contributed by atoms with Gasteiger partial charge in [-0.1, -0.05) is 19.1 Å². The van der Waals surface area contributed by atoms with Crippen molar-refractivity contribution < 1.29 is 9.47 Å². The van der Waals surface area contributed by atoms with Gasteiger partial charge in [-0.25, -0.2) is 0 Å². The third kappa shape index (κ3) is 3.44. The molecule has 0 spiro atoms. The molecule has 0 unspecified atom stereocenters. The van der Waals surface area contributed by atoms with Crippen molar-refractivity contribution in [1.82, 2.24) is 0 Å². The summed E-state index contributed by atoms with van der Waals surface area (Å²) >= 11 is 0. The van der Waals surface area contributed by atoms with Crippen molar-refractivity contribution in [2.45, 2.75) is 19.4 Å². The van der Waals surface area contributed by atoms with Crippen LogP contribution in [0, 0.1) is 0 Å². The lowest BCUT2D eigenvalue weighted by Gasteiger charge is -2.19. The Morgan fingerprint density at radius 3 is 1.80 bits per heavy atom. The molecule has 0 amide bonds. The fraction of sp³-hybridized carbons (Fsp3) is 0.294. The molecular formula is C17H21NO2. The van der Waals surface area contributed by atoms with E-state index >= 15 is 0 Å². The van der Waals surface area contributed by atoms with E-state index < -0.39 is 0 Å². The fourth-order valence-corrected chi connectivity index (χ4v) is 2.15. The van der Waals surface area contributed by atoms with Crippen molar-refractivity contribution >= 4 is 5.69 Å². The number of nitrogens with one attached hydrogen (secondary N) is 1. The Labute approximate surface area is 120 Å². The standard InChI is InChI=1S/C17H21NO2/c1-4-17(13-5-9-15(19-2)10-6-13)18-14-7-11-16(20-3)12-8-14/h5-12,17-18H,4H2,1-3H3/t17-/m0/s1. The molecule has 0 saturated heterocycles. The van der Waals surface area contributed by atoms with Gasteiger partial charge in [0.25, 0.3) is 0 Å². The van der Waals surface area contributed by atoms with E-state index in [0.29, 0.717) is 0 Å². The predicted molar refractivity (Wildman–Crippen MR) is 82.6 cm³/mol. The number of methoxy groups -OCH3 is 2. The van der Waals surface area contributed by atoms with E-state index in [-0.39, 0.29) is 6.04 Å². The van der Waals surface area contributed by atoms with Gasteiger partial charge in [-0.15, -0.1) is 0 Å². The van der Waals surface area contributed by atoms with Gasteiger partial charge in [0.1, 0.15) is 11.5 Å². The lowest BCUT2D eigenvalue weighted by Crippen LogP contribution is -2.09. The van der Waals surface area contributed by atoms with Crippen LogP contribution >= 0.6 is 0 Å². The molecule has 2 rings (SSSR count). The van der Waals surface area contributed by atoms with Gasteiger partial charge in [0, 0.05) is 5.69 Å². The highest BCUT2D eigenvalue weighted by Gasteiger charge is 2.09. The first-order valence-corrected chi connectivity index (χ1v) is 6.81. The van der Waals surface area contributed by atoms with Crippen LogP contribution < -0.4 is 14.8 Å². The summed E-state index contributed by atoms with van der Waals surface area (Å²) < 4.78 is 10.4. The normalized spacial score (nSPS) is 11.8. The van der Waals surface area contributed by atoms with Crippen LogP contribution in [-0.2, 0) is 0 Å². The zero-order valence-electron chi connectivity index (χ0n) is 12.2. The highest BCUT2D eigenvalue weighted by Crippen LogP contribution is 2.25. The molecule has 3 heteroatoms. The van der Waals surface area contributed by atoms with Crippen LogP contribution in [0.4, 0.5) is 5.69 Å². The first-order chi connectivity index (χ1) is 9.76. The lowest BCUT2D eigenvalue weighted by atomic mass is 10.0. The molecule has 0 bridgehead atoms. The average Bonchev–Trinajstić information content (AvgIpc) is 2.53. The molecule has 0 aliphatic carbocycles. The van der Waals surface area contributed by atoms with Crippen LogP contribution in [0.5, 0.6) is 11.5 Å². The van der Waals surface area contributed by atoms with Gasteiger partial charge in [0.2, 0.25) is 0 Å². The van der Waals surface area contributed by atoms with Crippen molar-refractivity contribution in [3.63, 3.8) is 0 Å². The summed E-state index contributed by atoms with van der Waals surface area (Å²) in [5, 5.41) is 3.54. The van der Waals surface area contributed by atoms with Crippen LogP contribution in [0.25, 0.3) is 0 Å². The second kappa shape index (κ2) is 6.85. The van der Waals surface area contributed by atoms with E-state index in [9.17, 15) is 0 Å². The Morgan fingerprint density at radius 1 is 0.850 bits per heavy atom. The molecule has 3 nitrogen and oxygen atoms in total. The Balaban J connectivity index is 2.10. The summed E-state index contributed by atoms with van der Waals surface area (Å²) in [6.07, 6.45) is 1.01. The summed E-state index contributed by atoms with van der Waals surface area (Å²) in [5.74, 6) is 1.75. The molecule has 106 valence electrons. The lowest BCUT2D eigenvalue weighted by molar-refractivity contribution is 0.414. The highest BCUT2D eigenvalue weighted by molar-refractivity contribution is 5.48. The third-order valence-electron chi connectivity index (χ3n) is 3.36. The zero-order valence-corrected chi connectivity index (χ0v) is 12.2. The molecule has 0 fully saturated rings. The summed E-state index contributed by atoms with van der Waals surface area (Å²) in [4.78, 5) is 0. The van der Waals surface area contributed by atoms with Gasteiger partial charge in [0.15, 0.2) is 0 Å². The number of ether oxygens (including phenoxy) is 2. The fourth-order valence-electron chi connectivity index (χ4n) is 2.15. The maximum Gasteiger partial charge on any atom is 0.119 e. The smallest absolute Gasteiger partial charge is 0.119 e. The second-order valence-corrected chi connectivity index (χ2v) is 4.61. The van der Waals surface area contributed by atoms with Crippen LogP contribution in [0.1, 0.15) is 24.9 Å². The summed E-state index contributed by atoms with van der Waals surface area (Å²) in [6, 6.07) is 16.5. The maximum atomic E-state index is 5.19. The van der Waals surface area contributed by atoms with Gasteiger partial charge in [0.05, 0.1) is 20.3 Å². The van der Waals surface area contributed by atoms with E-state index in [1.54, 1.807) is 14.2 Å². The predicted octanol–water partition coefficient (Wildman–Crippen LogP) is 4.27. The Morgan fingerprint density at radius 2 is 1.35 bits per heavy atom. The summed E-state index contributed by atoms with van der Waals surface area (Å²) in [7, 11) is 3.36. The van der Waals surface area contributed by atoms with Gasteiger partial charge in [-0.05, 0) is 48.4 Å². The molecule has 0 aliphatic rings. The summed E-state index contributed by atoms with van der Waals surface area (Å²) in [5.41, 5.74) is 2.34. The quantitative estimate of drug-likeness (QED) is 0.851. The minimum atomic E-state index is 0.286. The monoisotopic (exact) mass is 271 g/mol. The molecule has 1 N–H and O–H groups in total. The van der Waals surface area contributed by atoms with Crippen LogP contribution in [0.2, 0.25) is 0 Å². The number of hydrogen-bond donors (Lipinski definition) is 1. The van der Waals surface area contributed by atoms with Gasteiger partial charge >= 0.3 is 0 Å². The SMILES string of the molecule is CC[C@H](Nc1ccc(OC)cc1)c1ccc(OC)cc1. The molecule has 0 aromatic heterocycles. The molecule has 0 saturated carbocycles. The zero-order chi connectivity index (χ0) is 14.4. The Kier molecular flexibility index (Phi) is 4.88. The minimum absolute atomic E-state index is 0.286. The van der Waals surface area contributed by atoms with E-state index in [2.05, 4.69) is 24.4 Å². The average molecular weight is 271 g/mol. The molecule has 1 atom stereocenters. The molecule has 0 heterocycles. The van der Waals surface area contributed by atoms with Crippen molar-refractivity contribution in [1.29, 1.82) is 0 Å².